The van der Waals surface area contributed by atoms with Gasteiger partial charge in [-0.05, 0) is 60.8 Å². The molecule has 21 heavy (non-hydrogen) atoms. The van der Waals surface area contributed by atoms with Crippen LogP contribution in [0.1, 0.15) is 39.2 Å². The lowest BCUT2D eigenvalue weighted by atomic mass is 10.1. The van der Waals surface area contributed by atoms with Crippen molar-refractivity contribution in [1.82, 2.24) is 5.32 Å². The highest BCUT2D eigenvalue weighted by molar-refractivity contribution is 9.10. The molecule has 2 atom stereocenters. The second-order valence-corrected chi connectivity index (χ2v) is 6.08. The lowest BCUT2D eigenvalue weighted by Crippen LogP contribution is -2.41. The van der Waals surface area contributed by atoms with Crippen molar-refractivity contribution in [3.63, 3.8) is 0 Å². The Balaban J connectivity index is 2.74. The standard InChI is InChI=1S/C16H25BrN2O2/c1-4-6-11(2)19-16(20)12(3)21-15-13(9-10-18)7-5-8-14(15)17/h5,7-8,11-12H,4,6,9-10,18H2,1-3H3,(H,19,20). The van der Waals surface area contributed by atoms with Gasteiger partial charge in [-0.1, -0.05) is 25.5 Å². The monoisotopic (exact) mass is 356 g/mol. The van der Waals surface area contributed by atoms with Crippen molar-refractivity contribution in [1.29, 1.82) is 0 Å². The number of nitrogens with two attached hydrogens (primary N) is 1. The van der Waals surface area contributed by atoms with Gasteiger partial charge in [0.05, 0.1) is 4.47 Å². The van der Waals surface area contributed by atoms with Crippen LogP contribution in [0.25, 0.3) is 0 Å². The molecule has 1 rings (SSSR count). The molecular weight excluding hydrogens is 332 g/mol. The molecule has 2 unspecified atom stereocenters. The summed E-state index contributed by atoms with van der Waals surface area (Å²) in [7, 11) is 0. The summed E-state index contributed by atoms with van der Waals surface area (Å²) in [5, 5.41) is 2.97. The summed E-state index contributed by atoms with van der Waals surface area (Å²) < 4.78 is 6.70. The van der Waals surface area contributed by atoms with Crippen LogP contribution in [-0.4, -0.2) is 24.6 Å². The van der Waals surface area contributed by atoms with Gasteiger partial charge >= 0.3 is 0 Å². The number of ether oxygens (including phenoxy) is 1. The topological polar surface area (TPSA) is 64.3 Å². The first-order valence-electron chi connectivity index (χ1n) is 7.44. The lowest BCUT2D eigenvalue weighted by Gasteiger charge is -2.20. The van der Waals surface area contributed by atoms with Gasteiger partial charge in [-0.3, -0.25) is 4.79 Å². The molecule has 0 aliphatic carbocycles. The molecule has 3 N–H and O–H groups in total. The van der Waals surface area contributed by atoms with Crippen LogP contribution in [0.15, 0.2) is 22.7 Å². The summed E-state index contributed by atoms with van der Waals surface area (Å²) in [4.78, 5) is 12.1. The molecule has 0 fully saturated rings. The minimum atomic E-state index is -0.542. The zero-order valence-electron chi connectivity index (χ0n) is 13.0. The SMILES string of the molecule is CCCC(C)NC(=O)C(C)Oc1c(Br)cccc1CCN. The highest BCUT2D eigenvalue weighted by Crippen LogP contribution is 2.30. The number of hydrogen-bond donors (Lipinski definition) is 2. The molecule has 118 valence electrons. The first-order chi connectivity index (χ1) is 9.99. The van der Waals surface area contributed by atoms with Gasteiger partial charge in [0.15, 0.2) is 6.10 Å². The maximum absolute atomic E-state index is 12.1. The smallest absolute Gasteiger partial charge is 0.260 e. The second kappa shape index (κ2) is 9.05. The summed E-state index contributed by atoms with van der Waals surface area (Å²) in [5.74, 6) is 0.610. The number of halogens is 1. The highest BCUT2D eigenvalue weighted by Gasteiger charge is 2.19. The number of benzene rings is 1. The van der Waals surface area contributed by atoms with E-state index in [2.05, 4.69) is 28.2 Å². The predicted octanol–water partition coefficient (Wildman–Crippen LogP) is 3.02. The van der Waals surface area contributed by atoms with E-state index in [1.807, 2.05) is 25.1 Å². The van der Waals surface area contributed by atoms with E-state index in [9.17, 15) is 4.79 Å². The van der Waals surface area contributed by atoms with E-state index in [1.54, 1.807) is 6.92 Å². The molecule has 0 bridgehead atoms. The summed E-state index contributed by atoms with van der Waals surface area (Å²) in [6.07, 6.45) is 2.18. The normalized spacial score (nSPS) is 13.6. The molecule has 4 nitrogen and oxygen atoms in total. The van der Waals surface area contributed by atoms with E-state index in [1.165, 1.54) is 0 Å². The Kier molecular flexibility index (Phi) is 7.75. The van der Waals surface area contributed by atoms with Crippen LogP contribution >= 0.6 is 15.9 Å². The van der Waals surface area contributed by atoms with Gasteiger partial charge in [-0.2, -0.15) is 0 Å². The molecule has 0 radical (unpaired) electrons. The van der Waals surface area contributed by atoms with E-state index in [-0.39, 0.29) is 11.9 Å². The first kappa shape index (κ1) is 18.0. The Bertz CT molecular complexity index is 466. The molecule has 0 saturated carbocycles. The number of nitrogens with one attached hydrogen (secondary N) is 1. The van der Waals surface area contributed by atoms with Crippen LogP contribution in [0, 0.1) is 0 Å². The minimum absolute atomic E-state index is 0.0922. The van der Waals surface area contributed by atoms with E-state index in [0.29, 0.717) is 12.3 Å². The van der Waals surface area contributed by atoms with E-state index in [0.717, 1.165) is 29.3 Å². The van der Waals surface area contributed by atoms with E-state index < -0.39 is 6.10 Å². The third-order valence-corrected chi connectivity index (χ3v) is 3.86. The summed E-state index contributed by atoms with van der Waals surface area (Å²) in [6.45, 7) is 6.41. The van der Waals surface area contributed by atoms with Gasteiger partial charge in [0.25, 0.3) is 5.91 Å². The van der Waals surface area contributed by atoms with Gasteiger partial charge in [-0.15, -0.1) is 0 Å². The largest absolute Gasteiger partial charge is 0.479 e. The van der Waals surface area contributed by atoms with E-state index >= 15 is 0 Å². The molecule has 0 heterocycles. The molecule has 0 aromatic heterocycles. The number of para-hydroxylation sites is 1. The fourth-order valence-corrected chi connectivity index (χ4v) is 2.63. The third kappa shape index (κ3) is 5.67. The quantitative estimate of drug-likeness (QED) is 0.752. The minimum Gasteiger partial charge on any atom is -0.479 e. The maximum atomic E-state index is 12.1. The van der Waals surface area contributed by atoms with Crippen molar-refractivity contribution in [2.24, 2.45) is 5.73 Å². The van der Waals surface area contributed by atoms with Crippen LogP contribution < -0.4 is 15.8 Å². The van der Waals surface area contributed by atoms with Crippen molar-refractivity contribution >= 4 is 21.8 Å². The van der Waals surface area contributed by atoms with Crippen LogP contribution in [-0.2, 0) is 11.2 Å². The number of rotatable bonds is 8. The van der Waals surface area contributed by atoms with Crippen LogP contribution in [0.2, 0.25) is 0 Å². The van der Waals surface area contributed by atoms with Gasteiger partial charge in [-0.25, -0.2) is 0 Å². The number of carbonyl (C=O) groups excluding carboxylic acids is 1. The second-order valence-electron chi connectivity index (χ2n) is 5.23. The Morgan fingerprint density at radius 2 is 2.14 bits per heavy atom. The third-order valence-electron chi connectivity index (χ3n) is 3.24. The maximum Gasteiger partial charge on any atom is 0.260 e. The summed E-state index contributed by atoms with van der Waals surface area (Å²) >= 11 is 3.47. The van der Waals surface area contributed by atoms with Crippen molar-refractivity contribution < 1.29 is 9.53 Å². The fraction of sp³-hybridized carbons (Fsp3) is 0.562. The van der Waals surface area contributed by atoms with Gasteiger partial charge in [0, 0.05) is 6.04 Å². The zero-order valence-corrected chi connectivity index (χ0v) is 14.6. The molecule has 0 spiro atoms. The van der Waals surface area contributed by atoms with Crippen molar-refractivity contribution in [3.05, 3.63) is 28.2 Å². The molecule has 1 amide bonds. The van der Waals surface area contributed by atoms with Gasteiger partial charge < -0.3 is 15.8 Å². The molecule has 5 heteroatoms. The lowest BCUT2D eigenvalue weighted by molar-refractivity contribution is -0.127. The highest BCUT2D eigenvalue weighted by atomic mass is 79.9. The Morgan fingerprint density at radius 1 is 1.43 bits per heavy atom. The Labute approximate surface area is 135 Å². The predicted molar refractivity (Wildman–Crippen MR) is 89.5 cm³/mol. The Hall–Kier alpha value is -1.07. The van der Waals surface area contributed by atoms with Crippen LogP contribution in [0.3, 0.4) is 0 Å². The Morgan fingerprint density at radius 3 is 2.76 bits per heavy atom. The van der Waals surface area contributed by atoms with Crippen molar-refractivity contribution in [3.8, 4) is 5.75 Å². The van der Waals surface area contributed by atoms with Crippen molar-refractivity contribution in [2.75, 3.05) is 6.54 Å². The van der Waals surface area contributed by atoms with E-state index in [4.69, 9.17) is 10.5 Å². The number of carbonyl (C=O) groups is 1. The number of amides is 1. The molecule has 0 aliphatic heterocycles. The molecular formula is C16H25BrN2O2. The fourth-order valence-electron chi connectivity index (χ4n) is 2.13. The zero-order chi connectivity index (χ0) is 15.8. The van der Waals surface area contributed by atoms with Crippen molar-refractivity contribution in [2.45, 2.75) is 52.2 Å². The first-order valence-corrected chi connectivity index (χ1v) is 8.23. The number of hydrogen-bond acceptors (Lipinski definition) is 3. The molecule has 1 aromatic rings. The van der Waals surface area contributed by atoms with Crippen LogP contribution in [0.5, 0.6) is 5.75 Å². The molecule has 0 aliphatic rings. The summed E-state index contributed by atoms with van der Waals surface area (Å²) in [6, 6.07) is 5.98. The average Bonchev–Trinajstić information content (AvgIpc) is 2.42. The average molecular weight is 357 g/mol. The molecule has 1 aromatic carbocycles. The van der Waals surface area contributed by atoms with Crippen LogP contribution in [0.4, 0.5) is 0 Å². The summed E-state index contributed by atoms with van der Waals surface area (Å²) in [5.41, 5.74) is 6.63. The van der Waals surface area contributed by atoms with Gasteiger partial charge in [0.1, 0.15) is 5.75 Å². The molecule has 0 saturated heterocycles. The van der Waals surface area contributed by atoms with Gasteiger partial charge in [0.2, 0.25) is 0 Å².